The van der Waals surface area contributed by atoms with Gasteiger partial charge in [0.2, 0.25) is 0 Å². The van der Waals surface area contributed by atoms with E-state index < -0.39 is 0 Å². The Balaban J connectivity index is 2.86. The van der Waals surface area contributed by atoms with Crippen LogP contribution < -0.4 is 10.2 Å². The molecular weight excluding hydrogens is 263 g/mol. The molecule has 1 aromatic carbocycles. The van der Waals surface area contributed by atoms with Gasteiger partial charge in [0.15, 0.2) is 0 Å². The maximum Gasteiger partial charge on any atom is 0.146 e. The van der Waals surface area contributed by atoms with Gasteiger partial charge < -0.3 is 10.2 Å². The first kappa shape index (κ1) is 18.0. The number of anilines is 1. The van der Waals surface area contributed by atoms with Crippen molar-refractivity contribution in [3.05, 3.63) is 30.1 Å². The fourth-order valence-corrected chi connectivity index (χ4v) is 2.81. The molecule has 0 radical (unpaired) electrons. The standard InChI is InChI=1S/C18H31FN2/c1-6-12-18(5,13-20-15(3)4)14-21(7-2)17-11-9-8-10-16(17)19/h8-11,15,20H,6-7,12-14H2,1-5H3. The minimum atomic E-state index is -0.130. The summed E-state index contributed by atoms with van der Waals surface area (Å²) >= 11 is 0. The number of hydrogen-bond acceptors (Lipinski definition) is 2. The smallest absolute Gasteiger partial charge is 0.146 e. The highest BCUT2D eigenvalue weighted by atomic mass is 19.1. The van der Waals surface area contributed by atoms with E-state index in [0.717, 1.165) is 32.5 Å². The van der Waals surface area contributed by atoms with Crippen molar-refractivity contribution in [2.75, 3.05) is 24.5 Å². The van der Waals surface area contributed by atoms with Gasteiger partial charge in [-0.05, 0) is 30.9 Å². The fraction of sp³-hybridized carbons (Fsp3) is 0.667. The first-order chi connectivity index (χ1) is 9.91. The molecule has 1 aromatic rings. The van der Waals surface area contributed by atoms with Crippen LogP contribution in [-0.4, -0.2) is 25.7 Å². The third-order valence-corrected chi connectivity index (χ3v) is 3.94. The molecule has 0 saturated carbocycles. The van der Waals surface area contributed by atoms with Crippen LogP contribution in [0.1, 0.15) is 47.5 Å². The molecule has 120 valence electrons. The second kappa shape index (κ2) is 8.38. The summed E-state index contributed by atoms with van der Waals surface area (Å²) in [5, 5.41) is 3.55. The zero-order valence-corrected chi connectivity index (χ0v) is 14.2. The lowest BCUT2D eigenvalue weighted by atomic mass is 9.84. The van der Waals surface area contributed by atoms with Crippen LogP contribution in [-0.2, 0) is 0 Å². The molecule has 0 fully saturated rings. The molecular formula is C18H31FN2. The average molecular weight is 294 g/mol. The maximum atomic E-state index is 14.0. The minimum Gasteiger partial charge on any atom is -0.369 e. The molecule has 0 spiro atoms. The highest BCUT2D eigenvalue weighted by molar-refractivity contribution is 5.47. The van der Waals surface area contributed by atoms with E-state index in [1.54, 1.807) is 12.1 Å². The Morgan fingerprint density at radius 3 is 2.43 bits per heavy atom. The number of halogens is 1. The van der Waals surface area contributed by atoms with Gasteiger partial charge in [0.25, 0.3) is 0 Å². The summed E-state index contributed by atoms with van der Waals surface area (Å²) in [5.74, 6) is -0.130. The first-order valence-corrected chi connectivity index (χ1v) is 8.14. The number of nitrogens with one attached hydrogen (secondary N) is 1. The van der Waals surface area contributed by atoms with Crippen LogP contribution in [0.25, 0.3) is 0 Å². The van der Waals surface area contributed by atoms with Crippen LogP contribution in [0.4, 0.5) is 10.1 Å². The van der Waals surface area contributed by atoms with Crippen LogP contribution in [0.2, 0.25) is 0 Å². The van der Waals surface area contributed by atoms with Gasteiger partial charge in [-0.25, -0.2) is 4.39 Å². The SMILES string of the molecule is CCCC(C)(CNC(C)C)CN(CC)c1ccccc1F. The highest BCUT2D eigenvalue weighted by Gasteiger charge is 2.27. The Morgan fingerprint density at radius 2 is 1.90 bits per heavy atom. The predicted octanol–water partition coefficient (Wildman–Crippen LogP) is 4.46. The van der Waals surface area contributed by atoms with E-state index in [-0.39, 0.29) is 11.2 Å². The predicted molar refractivity (Wildman–Crippen MR) is 90.4 cm³/mol. The van der Waals surface area contributed by atoms with Gasteiger partial charge in [-0.3, -0.25) is 0 Å². The Hall–Kier alpha value is -1.09. The van der Waals surface area contributed by atoms with Gasteiger partial charge in [0, 0.05) is 25.7 Å². The summed E-state index contributed by atoms with van der Waals surface area (Å²) in [6.45, 7) is 13.6. The molecule has 0 aliphatic heterocycles. The summed E-state index contributed by atoms with van der Waals surface area (Å²) in [4.78, 5) is 2.16. The Labute approximate surface area is 129 Å². The Morgan fingerprint density at radius 1 is 1.24 bits per heavy atom. The molecule has 0 amide bonds. The molecule has 1 unspecified atom stereocenters. The summed E-state index contributed by atoms with van der Waals surface area (Å²) < 4.78 is 14.0. The third kappa shape index (κ3) is 5.66. The zero-order chi connectivity index (χ0) is 15.9. The van der Waals surface area contributed by atoms with E-state index >= 15 is 0 Å². The molecule has 21 heavy (non-hydrogen) atoms. The lowest BCUT2D eigenvalue weighted by molar-refractivity contribution is 0.272. The van der Waals surface area contributed by atoms with Crippen LogP contribution >= 0.6 is 0 Å². The van der Waals surface area contributed by atoms with Gasteiger partial charge >= 0.3 is 0 Å². The van der Waals surface area contributed by atoms with Gasteiger partial charge in [0.1, 0.15) is 5.82 Å². The molecule has 0 saturated heterocycles. The van der Waals surface area contributed by atoms with E-state index in [1.165, 1.54) is 0 Å². The van der Waals surface area contributed by atoms with Gasteiger partial charge in [-0.15, -0.1) is 0 Å². The second-order valence-electron chi connectivity index (χ2n) is 6.56. The second-order valence-corrected chi connectivity index (χ2v) is 6.56. The molecule has 2 nitrogen and oxygen atoms in total. The van der Waals surface area contributed by atoms with Crippen molar-refractivity contribution in [3.63, 3.8) is 0 Å². The van der Waals surface area contributed by atoms with Crippen molar-refractivity contribution in [2.24, 2.45) is 5.41 Å². The summed E-state index contributed by atoms with van der Waals surface area (Å²) in [6, 6.07) is 7.55. The number of nitrogens with zero attached hydrogens (tertiary/aromatic N) is 1. The van der Waals surface area contributed by atoms with E-state index in [2.05, 4.69) is 44.8 Å². The molecule has 1 N–H and O–H groups in total. The fourth-order valence-electron chi connectivity index (χ4n) is 2.81. The number of rotatable bonds is 9. The van der Waals surface area contributed by atoms with Crippen molar-refractivity contribution in [2.45, 2.75) is 53.5 Å². The molecule has 0 aliphatic rings. The Bertz CT molecular complexity index is 419. The minimum absolute atomic E-state index is 0.130. The molecule has 1 rings (SSSR count). The number of hydrogen-bond donors (Lipinski definition) is 1. The van der Waals surface area contributed by atoms with Crippen molar-refractivity contribution in [1.29, 1.82) is 0 Å². The monoisotopic (exact) mass is 294 g/mol. The highest BCUT2D eigenvalue weighted by Crippen LogP contribution is 2.28. The number of para-hydroxylation sites is 1. The van der Waals surface area contributed by atoms with Crippen molar-refractivity contribution in [3.8, 4) is 0 Å². The van der Waals surface area contributed by atoms with E-state index in [0.29, 0.717) is 11.7 Å². The molecule has 0 heterocycles. The molecule has 0 aliphatic carbocycles. The molecule has 0 aromatic heterocycles. The van der Waals surface area contributed by atoms with Gasteiger partial charge in [0.05, 0.1) is 5.69 Å². The van der Waals surface area contributed by atoms with Crippen LogP contribution in [0.3, 0.4) is 0 Å². The average Bonchev–Trinajstić information content (AvgIpc) is 2.44. The normalized spacial score (nSPS) is 14.2. The first-order valence-electron chi connectivity index (χ1n) is 8.14. The zero-order valence-electron chi connectivity index (χ0n) is 14.2. The van der Waals surface area contributed by atoms with Gasteiger partial charge in [-0.1, -0.05) is 46.2 Å². The lowest BCUT2D eigenvalue weighted by Gasteiger charge is -2.37. The Kier molecular flexibility index (Phi) is 7.16. The largest absolute Gasteiger partial charge is 0.369 e. The van der Waals surface area contributed by atoms with Crippen molar-refractivity contribution >= 4 is 5.69 Å². The quantitative estimate of drug-likeness (QED) is 0.723. The van der Waals surface area contributed by atoms with E-state index in [4.69, 9.17) is 0 Å². The topological polar surface area (TPSA) is 15.3 Å². The summed E-state index contributed by atoms with van der Waals surface area (Å²) in [6.07, 6.45) is 2.28. The molecule has 3 heteroatoms. The maximum absolute atomic E-state index is 14.0. The molecule has 1 atom stereocenters. The van der Waals surface area contributed by atoms with Crippen LogP contribution in [0.5, 0.6) is 0 Å². The van der Waals surface area contributed by atoms with E-state index in [1.807, 2.05) is 12.1 Å². The third-order valence-electron chi connectivity index (χ3n) is 3.94. The van der Waals surface area contributed by atoms with Crippen LogP contribution in [0, 0.1) is 11.2 Å². The number of benzene rings is 1. The van der Waals surface area contributed by atoms with Crippen molar-refractivity contribution < 1.29 is 4.39 Å². The van der Waals surface area contributed by atoms with Crippen LogP contribution in [0.15, 0.2) is 24.3 Å². The summed E-state index contributed by atoms with van der Waals surface area (Å²) in [7, 11) is 0. The van der Waals surface area contributed by atoms with Crippen molar-refractivity contribution in [1.82, 2.24) is 5.32 Å². The van der Waals surface area contributed by atoms with Gasteiger partial charge in [-0.2, -0.15) is 0 Å². The summed E-state index contributed by atoms with van der Waals surface area (Å²) in [5.41, 5.74) is 0.865. The lowest BCUT2D eigenvalue weighted by Crippen LogP contribution is -2.44. The van der Waals surface area contributed by atoms with E-state index in [9.17, 15) is 4.39 Å². The molecule has 0 bridgehead atoms.